The van der Waals surface area contributed by atoms with Crippen LogP contribution in [0.2, 0.25) is 0 Å². The molecule has 0 unspecified atom stereocenters. The molecule has 3 aromatic rings. The Morgan fingerprint density at radius 1 is 1.25 bits per heavy atom. The number of aromatic nitrogens is 5. The van der Waals surface area contributed by atoms with Crippen LogP contribution in [0.25, 0.3) is 5.65 Å². The van der Waals surface area contributed by atoms with Crippen LogP contribution in [0.3, 0.4) is 0 Å². The first kappa shape index (κ1) is 19.4. The Morgan fingerprint density at radius 2 is 2.07 bits per heavy atom. The molecule has 0 N–H and O–H groups in total. The zero-order valence-corrected chi connectivity index (χ0v) is 18.0. The Hall–Kier alpha value is -1.93. The highest BCUT2D eigenvalue weighted by atomic mass is 79.9. The van der Waals surface area contributed by atoms with E-state index >= 15 is 0 Å². The average Bonchev–Trinajstić information content (AvgIpc) is 3.10. The molecule has 28 heavy (non-hydrogen) atoms. The second-order valence-electron chi connectivity index (χ2n) is 7.02. The summed E-state index contributed by atoms with van der Waals surface area (Å²) in [6.07, 6.45) is 9.81. The van der Waals surface area contributed by atoms with Gasteiger partial charge in [-0.1, -0.05) is 37.1 Å². The van der Waals surface area contributed by atoms with Gasteiger partial charge in [-0.15, -0.1) is 16.8 Å². The molecule has 0 atom stereocenters. The minimum Gasteiger partial charge on any atom is -0.302 e. The van der Waals surface area contributed by atoms with Crippen molar-refractivity contribution in [2.45, 2.75) is 55.5 Å². The lowest BCUT2D eigenvalue weighted by molar-refractivity contribution is 0.415. The molecule has 1 aliphatic carbocycles. The minimum atomic E-state index is -0.0858. The fourth-order valence-corrected chi connectivity index (χ4v) is 4.89. The molecule has 0 spiro atoms. The van der Waals surface area contributed by atoms with Crippen molar-refractivity contribution in [3.8, 4) is 0 Å². The Kier molecular flexibility index (Phi) is 5.96. The Morgan fingerprint density at radius 3 is 2.86 bits per heavy atom. The zero-order chi connectivity index (χ0) is 19.5. The SMILES string of the molecule is C=CCn1c(SCc2cc(=O)n3cc(Br)ccc3n2)nnc1C1CCCCC1. The molecule has 6 nitrogen and oxygen atoms in total. The lowest BCUT2D eigenvalue weighted by Gasteiger charge is -2.21. The summed E-state index contributed by atoms with van der Waals surface area (Å²) in [6.45, 7) is 4.59. The summed E-state index contributed by atoms with van der Waals surface area (Å²) in [6, 6.07) is 5.31. The van der Waals surface area contributed by atoms with Crippen LogP contribution < -0.4 is 5.56 Å². The smallest absolute Gasteiger partial charge is 0.258 e. The van der Waals surface area contributed by atoms with E-state index in [1.54, 1.807) is 28.4 Å². The number of fused-ring (bicyclic) bond motifs is 1. The highest BCUT2D eigenvalue weighted by molar-refractivity contribution is 9.10. The molecule has 146 valence electrons. The van der Waals surface area contributed by atoms with Gasteiger partial charge in [-0.05, 0) is 40.9 Å². The topological polar surface area (TPSA) is 65.1 Å². The molecule has 1 saturated carbocycles. The summed E-state index contributed by atoms with van der Waals surface area (Å²) in [4.78, 5) is 17.0. The third-order valence-electron chi connectivity index (χ3n) is 5.05. The molecular formula is C20H22BrN5OS. The highest BCUT2D eigenvalue weighted by Crippen LogP contribution is 2.33. The van der Waals surface area contributed by atoms with Crippen LogP contribution in [-0.2, 0) is 12.3 Å². The van der Waals surface area contributed by atoms with Gasteiger partial charge in [0.05, 0.1) is 5.69 Å². The Labute approximate surface area is 176 Å². The Bertz CT molecular complexity index is 1050. The molecule has 0 aromatic carbocycles. The van der Waals surface area contributed by atoms with Crippen molar-refractivity contribution in [1.82, 2.24) is 24.1 Å². The molecule has 1 aliphatic rings. The number of pyridine rings is 1. The van der Waals surface area contributed by atoms with E-state index in [9.17, 15) is 4.79 Å². The van der Waals surface area contributed by atoms with Crippen molar-refractivity contribution in [1.29, 1.82) is 0 Å². The van der Waals surface area contributed by atoms with E-state index in [2.05, 4.69) is 42.3 Å². The highest BCUT2D eigenvalue weighted by Gasteiger charge is 2.23. The maximum atomic E-state index is 12.4. The number of halogens is 1. The number of rotatable bonds is 6. The van der Waals surface area contributed by atoms with Crippen molar-refractivity contribution in [3.63, 3.8) is 0 Å². The van der Waals surface area contributed by atoms with Gasteiger partial charge in [-0.25, -0.2) is 4.98 Å². The van der Waals surface area contributed by atoms with Crippen molar-refractivity contribution in [2.75, 3.05) is 0 Å². The third kappa shape index (κ3) is 4.07. The van der Waals surface area contributed by atoms with Gasteiger partial charge in [-0.2, -0.15) is 0 Å². The van der Waals surface area contributed by atoms with Crippen LogP contribution in [-0.4, -0.2) is 24.1 Å². The average molecular weight is 460 g/mol. The van der Waals surface area contributed by atoms with Crippen molar-refractivity contribution in [2.24, 2.45) is 0 Å². The van der Waals surface area contributed by atoms with Gasteiger partial charge in [0.1, 0.15) is 11.5 Å². The quantitative estimate of drug-likeness (QED) is 0.398. The number of thioether (sulfide) groups is 1. The molecule has 3 aromatic heterocycles. The molecule has 0 amide bonds. The van der Waals surface area contributed by atoms with Crippen molar-refractivity contribution in [3.05, 3.63) is 63.4 Å². The van der Waals surface area contributed by atoms with Gasteiger partial charge >= 0.3 is 0 Å². The van der Waals surface area contributed by atoms with Gasteiger partial charge in [0.2, 0.25) is 0 Å². The van der Waals surface area contributed by atoms with Gasteiger partial charge in [0.15, 0.2) is 5.16 Å². The minimum absolute atomic E-state index is 0.0858. The largest absolute Gasteiger partial charge is 0.302 e. The summed E-state index contributed by atoms with van der Waals surface area (Å²) >= 11 is 4.95. The summed E-state index contributed by atoms with van der Waals surface area (Å²) in [7, 11) is 0. The fourth-order valence-electron chi connectivity index (χ4n) is 3.71. The maximum Gasteiger partial charge on any atom is 0.258 e. The lowest BCUT2D eigenvalue weighted by Crippen LogP contribution is -2.15. The maximum absolute atomic E-state index is 12.4. The summed E-state index contributed by atoms with van der Waals surface area (Å²) in [5, 5.41) is 9.79. The van der Waals surface area contributed by atoms with Crippen molar-refractivity contribution < 1.29 is 0 Å². The molecular weight excluding hydrogens is 438 g/mol. The van der Waals surface area contributed by atoms with E-state index < -0.39 is 0 Å². The first-order chi connectivity index (χ1) is 13.7. The van der Waals surface area contributed by atoms with E-state index in [1.807, 2.05) is 18.2 Å². The lowest BCUT2D eigenvalue weighted by atomic mass is 9.89. The van der Waals surface area contributed by atoms with Gasteiger partial charge in [0, 0.05) is 35.0 Å². The number of nitrogens with zero attached hydrogens (tertiary/aromatic N) is 5. The number of hydrogen-bond acceptors (Lipinski definition) is 5. The van der Waals surface area contributed by atoms with Crippen LogP contribution in [0.1, 0.15) is 49.5 Å². The van der Waals surface area contributed by atoms with Gasteiger partial charge < -0.3 is 4.57 Å². The zero-order valence-electron chi connectivity index (χ0n) is 15.6. The molecule has 0 bridgehead atoms. The van der Waals surface area contributed by atoms with E-state index in [-0.39, 0.29) is 5.56 Å². The molecule has 8 heteroatoms. The van der Waals surface area contributed by atoms with E-state index in [4.69, 9.17) is 0 Å². The normalized spacial score (nSPS) is 15.2. The monoisotopic (exact) mass is 459 g/mol. The van der Waals surface area contributed by atoms with Crippen LogP contribution in [0, 0.1) is 0 Å². The van der Waals surface area contributed by atoms with Crippen molar-refractivity contribution >= 4 is 33.3 Å². The van der Waals surface area contributed by atoms with Crippen LogP contribution in [0.5, 0.6) is 0 Å². The number of hydrogen-bond donors (Lipinski definition) is 0. The molecule has 0 saturated heterocycles. The molecule has 0 radical (unpaired) electrons. The first-order valence-electron chi connectivity index (χ1n) is 9.50. The molecule has 1 fully saturated rings. The first-order valence-corrected chi connectivity index (χ1v) is 11.3. The Balaban J connectivity index is 1.57. The second-order valence-corrected chi connectivity index (χ2v) is 8.88. The molecule has 0 aliphatic heterocycles. The summed E-state index contributed by atoms with van der Waals surface area (Å²) < 4.78 is 4.55. The molecule has 3 heterocycles. The predicted octanol–water partition coefficient (Wildman–Crippen LogP) is 4.57. The summed E-state index contributed by atoms with van der Waals surface area (Å²) in [5.41, 5.74) is 1.30. The van der Waals surface area contributed by atoms with E-state index in [0.29, 0.717) is 23.9 Å². The van der Waals surface area contributed by atoms with Crippen LogP contribution in [0.4, 0.5) is 0 Å². The van der Waals surface area contributed by atoms with Crippen LogP contribution >= 0.6 is 27.7 Å². The second kappa shape index (κ2) is 8.61. The molecule has 4 rings (SSSR count). The van der Waals surface area contributed by atoms with Gasteiger partial charge in [-0.3, -0.25) is 9.20 Å². The van der Waals surface area contributed by atoms with E-state index in [1.165, 1.54) is 32.1 Å². The summed E-state index contributed by atoms with van der Waals surface area (Å²) in [5.74, 6) is 2.12. The van der Waals surface area contributed by atoms with Crippen LogP contribution in [0.15, 0.2) is 51.5 Å². The predicted molar refractivity (Wildman–Crippen MR) is 115 cm³/mol. The third-order valence-corrected chi connectivity index (χ3v) is 6.52. The number of allylic oxidation sites excluding steroid dienone is 1. The fraction of sp³-hybridized carbons (Fsp3) is 0.400. The standard InChI is InChI=1S/C20H22BrN5OS/c1-2-10-25-19(14-6-4-3-5-7-14)23-24-20(25)28-13-16-11-18(27)26-12-15(21)8-9-17(26)22-16/h2,8-9,11-12,14H,1,3-7,10,13H2. The van der Waals surface area contributed by atoms with Gasteiger partial charge in [0.25, 0.3) is 5.56 Å². The van der Waals surface area contributed by atoms with E-state index in [0.717, 1.165) is 21.1 Å².